The summed E-state index contributed by atoms with van der Waals surface area (Å²) in [7, 11) is 0. The Balaban J connectivity index is 2.22. The van der Waals surface area contributed by atoms with Crippen molar-refractivity contribution in [2.45, 2.75) is 0 Å². The van der Waals surface area contributed by atoms with E-state index >= 15 is 0 Å². The summed E-state index contributed by atoms with van der Waals surface area (Å²) in [5, 5.41) is 8.58. The molecule has 2 rings (SSSR count). The van der Waals surface area contributed by atoms with Crippen molar-refractivity contribution in [2.75, 3.05) is 0 Å². The summed E-state index contributed by atoms with van der Waals surface area (Å²) in [6, 6.07) is 10.9. The molecule has 2 aromatic heterocycles. The lowest BCUT2D eigenvalue weighted by Crippen LogP contribution is -1.83. The molecule has 0 saturated heterocycles. The highest BCUT2D eigenvalue weighted by atomic mass is 14.7. The van der Waals surface area contributed by atoms with Crippen molar-refractivity contribution in [3.05, 3.63) is 59.7 Å². The Morgan fingerprint density at radius 1 is 0.938 bits per heavy atom. The maximum absolute atomic E-state index is 8.58. The molecule has 0 unspecified atom stereocenters. The topological polar surface area (TPSA) is 49.6 Å². The first-order chi connectivity index (χ1) is 7.88. The molecule has 74 valence electrons. The fourth-order valence-electron chi connectivity index (χ4n) is 1.11. The Morgan fingerprint density at radius 2 is 1.88 bits per heavy atom. The van der Waals surface area contributed by atoms with Gasteiger partial charge in [-0.15, -0.1) is 0 Å². The van der Waals surface area contributed by atoms with E-state index in [1.807, 2.05) is 24.3 Å². The lowest BCUT2D eigenvalue weighted by molar-refractivity contribution is 1.25. The molecular weight excluding hydrogens is 198 g/mol. The highest BCUT2D eigenvalue weighted by Crippen LogP contribution is 1.98. The van der Waals surface area contributed by atoms with E-state index in [2.05, 4.69) is 21.8 Å². The average Bonchev–Trinajstić information content (AvgIpc) is 2.38. The van der Waals surface area contributed by atoms with Gasteiger partial charge in [0.15, 0.2) is 0 Å². The van der Waals surface area contributed by atoms with E-state index in [1.165, 1.54) is 0 Å². The van der Waals surface area contributed by atoms with Crippen LogP contribution in [0.1, 0.15) is 17.0 Å². The van der Waals surface area contributed by atoms with Crippen molar-refractivity contribution in [3.8, 4) is 17.9 Å². The third-order valence-corrected chi connectivity index (χ3v) is 1.88. The smallest absolute Gasteiger partial charge is 0.140 e. The van der Waals surface area contributed by atoms with Gasteiger partial charge >= 0.3 is 0 Å². The van der Waals surface area contributed by atoms with Gasteiger partial charge in [-0.25, -0.2) is 9.97 Å². The van der Waals surface area contributed by atoms with Gasteiger partial charge in [-0.3, -0.25) is 0 Å². The summed E-state index contributed by atoms with van der Waals surface area (Å²) in [5.41, 5.74) is 1.87. The molecule has 0 N–H and O–H groups in total. The van der Waals surface area contributed by atoms with Crippen LogP contribution in [0.4, 0.5) is 0 Å². The standard InChI is InChI=1S/C13H7N3/c14-9-13-7-5-11(10-16-13)4-6-12-3-1-2-8-15-12/h1-3,5,7-8,10H. The lowest BCUT2D eigenvalue weighted by atomic mass is 10.2. The largest absolute Gasteiger partial charge is 0.248 e. The highest BCUT2D eigenvalue weighted by Gasteiger charge is 1.90. The van der Waals surface area contributed by atoms with Crippen LogP contribution in [0, 0.1) is 23.2 Å². The monoisotopic (exact) mass is 205 g/mol. The molecule has 0 saturated carbocycles. The molecule has 0 atom stereocenters. The fraction of sp³-hybridized carbons (Fsp3) is 0. The van der Waals surface area contributed by atoms with Crippen molar-refractivity contribution in [1.82, 2.24) is 9.97 Å². The van der Waals surface area contributed by atoms with Crippen molar-refractivity contribution >= 4 is 0 Å². The second kappa shape index (κ2) is 4.72. The minimum Gasteiger partial charge on any atom is -0.248 e. The quantitative estimate of drug-likeness (QED) is 0.615. The number of nitrogens with zero attached hydrogens (tertiary/aromatic N) is 3. The summed E-state index contributed by atoms with van der Waals surface area (Å²) in [6.07, 6.45) is 3.27. The van der Waals surface area contributed by atoms with Crippen molar-refractivity contribution in [3.63, 3.8) is 0 Å². The summed E-state index contributed by atoms with van der Waals surface area (Å²) in [6.45, 7) is 0. The van der Waals surface area contributed by atoms with Crippen LogP contribution in [-0.2, 0) is 0 Å². The molecule has 0 fully saturated rings. The fourth-order valence-corrected chi connectivity index (χ4v) is 1.11. The Kier molecular flexibility index (Phi) is 2.92. The normalized spacial score (nSPS) is 8.69. The zero-order chi connectivity index (χ0) is 11.2. The number of hydrogen-bond donors (Lipinski definition) is 0. The Hall–Kier alpha value is -2.65. The van der Waals surface area contributed by atoms with Crippen LogP contribution < -0.4 is 0 Å². The van der Waals surface area contributed by atoms with Gasteiger partial charge < -0.3 is 0 Å². The number of rotatable bonds is 0. The molecule has 3 nitrogen and oxygen atoms in total. The van der Waals surface area contributed by atoms with Gasteiger partial charge in [0, 0.05) is 18.0 Å². The molecule has 0 aromatic carbocycles. The third-order valence-electron chi connectivity index (χ3n) is 1.88. The van der Waals surface area contributed by atoms with E-state index in [-0.39, 0.29) is 0 Å². The van der Waals surface area contributed by atoms with Crippen molar-refractivity contribution in [1.29, 1.82) is 5.26 Å². The molecular formula is C13H7N3. The van der Waals surface area contributed by atoms with E-state index < -0.39 is 0 Å². The van der Waals surface area contributed by atoms with Gasteiger partial charge in [-0.05, 0) is 30.2 Å². The third kappa shape index (κ3) is 2.43. The summed E-state index contributed by atoms with van der Waals surface area (Å²) in [5.74, 6) is 5.84. The number of aromatic nitrogens is 2. The molecule has 0 aliphatic heterocycles. The molecule has 0 aliphatic carbocycles. The van der Waals surface area contributed by atoms with Crippen molar-refractivity contribution in [2.24, 2.45) is 0 Å². The molecule has 2 aromatic rings. The maximum Gasteiger partial charge on any atom is 0.140 e. The first kappa shape index (κ1) is 9.89. The Labute approximate surface area is 93.4 Å². The maximum atomic E-state index is 8.58. The van der Waals surface area contributed by atoms with E-state index in [0.717, 1.165) is 5.56 Å². The Bertz CT molecular complexity index is 569. The van der Waals surface area contributed by atoms with Gasteiger partial charge in [-0.2, -0.15) is 5.26 Å². The van der Waals surface area contributed by atoms with Gasteiger partial charge in [0.25, 0.3) is 0 Å². The van der Waals surface area contributed by atoms with E-state index in [1.54, 1.807) is 24.5 Å². The van der Waals surface area contributed by atoms with Crippen LogP contribution in [0.2, 0.25) is 0 Å². The molecule has 3 heteroatoms. The van der Waals surface area contributed by atoms with Gasteiger partial charge in [-0.1, -0.05) is 12.0 Å². The number of hydrogen-bond acceptors (Lipinski definition) is 3. The van der Waals surface area contributed by atoms with Crippen LogP contribution in [0.3, 0.4) is 0 Å². The number of pyridine rings is 2. The molecule has 0 spiro atoms. The lowest BCUT2D eigenvalue weighted by Gasteiger charge is -1.89. The van der Waals surface area contributed by atoms with Gasteiger partial charge in [0.2, 0.25) is 0 Å². The summed E-state index contributed by atoms with van der Waals surface area (Å²) < 4.78 is 0. The molecule has 2 heterocycles. The first-order valence-electron chi connectivity index (χ1n) is 4.68. The SMILES string of the molecule is N#Cc1ccc(C#Cc2ccccn2)cn1. The van der Waals surface area contributed by atoms with E-state index in [9.17, 15) is 0 Å². The van der Waals surface area contributed by atoms with Crippen LogP contribution >= 0.6 is 0 Å². The number of nitriles is 1. The Morgan fingerprint density at radius 3 is 2.50 bits per heavy atom. The predicted molar refractivity (Wildman–Crippen MR) is 59.2 cm³/mol. The van der Waals surface area contributed by atoms with Crippen molar-refractivity contribution < 1.29 is 0 Å². The van der Waals surface area contributed by atoms with Gasteiger partial charge in [0.05, 0.1) is 0 Å². The summed E-state index contributed by atoms with van der Waals surface area (Å²) in [4.78, 5) is 8.01. The zero-order valence-corrected chi connectivity index (χ0v) is 8.38. The molecule has 0 amide bonds. The van der Waals surface area contributed by atoms with E-state index in [4.69, 9.17) is 5.26 Å². The van der Waals surface area contributed by atoms with Crippen LogP contribution in [0.15, 0.2) is 42.7 Å². The van der Waals surface area contributed by atoms with E-state index in [0.29, 0.717) is 11.4 Å². The molecule has 16 heavy (non-hydrogen) atoms. The highest BCUT2D eigenvalue weighted by molar-refractivity contribution is 5.39. The van der Waals surface area contributed by atoms with Gasteiger partial charge in [0.1, 0.15) is 17.5 Å². The molecule has 0 radical (unpaired) electrons. The second-order valence-corrected chi connectivity index (χ2v) is 3.01. The predicted octanol–water partition coefficient (Wildman–Crippen LogP) is 1.75. The van der Waals surface area contributed by atoms with Crippen LogP contribution in [-0.4, -0.2) is 9.97 Å². The summed E-state index contributed by atoms with van der Waals surface area (Å²) >= 11 is 0. The minimum atomic E-state index is 0.392. The first-order valence-corrected chi connectivity index (χ1v) is 4.68. The average molecular weight is 205 g/mol. The van der Waals surface area contributed by atoms with Crippen LogP contribution in [0.25, 0.3) is 0 Å². The molecule has 0 bridgehead atoms. The van der Waals surface area contributed by atoms with Crippen LogP contribution in [0.5, 0.6) is 0 Å². The molecule has 0 aliphatic rings. The second-order valence-electron chi connectivity index (χ2n) is 3.01. The zero-order valence-electron chi connectivity index (χ0n) is 8.38. The minimum absolute atomic E-state index is 0.392.